The molecule has 2 heterocycles. The minimum Gasteiger partial charge on any atom is -0.489 e. The molecular weight excluding hydrogens is 436 g/mol. The number of benzene rings is 1. The van der Waals surface area contributed by atoms with E-state index in [2.05, 4.69) is 73.4 Å². The van der Waals surface area contributed by atoms with Crippen molar-refractivity contribution >= 4 is 16.6 Å². The number of pyridine rings is 1. The molecule has 182 valence electrons. The summed E-state index contributed by atoms with van der Waals surface area (Å²) < 4.78 is 12.9. The van der Waals surface area contributed by atoms with E-state index in [4.69, 9.17) is 9.47 Å². The molecular formula is C30H34N2O3. The van der Waals surface area contributed by atoms with E-state index >= 15 is 0 Å². The fourth-order valence-corrected chi connectivity index (χ4v) is 7.14. The Balaban J connectivity index is 1.36. The Labute approximate surface area is 207 Å². The monoisotopic (exact) mass is 470 g/mol. The highest BCUT2D eigenvalue weighted by atomic mass is 16.5. The topological polar surface area (TPSA) is 51.7 Å². The van der Waals surface area contributed by atoms with Gasteiger partial charge in [-0.25, -0.2) is 0 Å². The van der Waals surface area contributed by atoms with Gasteiger partial charge in [0.25, 0.3) is 0 Å². The molecule has 2 aromatic rings. The average Bonchev–Trinajstić information content (AvgIpc) is 3.15. The van der Waals surface area contributed by atoms with E-state index in [1.165, 1.54) is 10.9 Å². The third-order valence-corrected chi connectivity index (χ3v) is 8.73. The molecule has 35 heavy (non-hydrogen) atoms. The maximum Gasteiger partial charge on any atom is 0.166 e. The first-order valence-corrected chi connectivity index (χ1v) is 12.7. The van der Waals surface area contributed by atoms with Crippen LogP contribution >= 0.6 is 0 Å². The van der Waals surface area contributed by atoms with Gasteiger partial charge in [-0.2, -0.15) is 0 Å². The number of ether oxygens (including phenoxy) is 2. The third-order valence-electron chi connectivity index (χ3n) is 8.73. The largest absolute Gasteiger partial charge is 0.489 e. The first-order chi connectivity index (χ1) is 16.9. The Morgan fingerprint density at radius 2 is 2.06 bits per heavy atom. The number of carbonyl (C=O) groups is 1. The molecule has 3 aliphatic carbocycles. The van der Waals surface area contributed by atoms with Crippen LogP contribution in [0.2, 0.25) is 0 Å². The molecule has 6 rings (SSSR count). The summed E-state index contributed by atoms with van der Waals surface area (Å²) in [6.45, 7) is 3.26. The second-order valence-electron chi connectivity index (χ2n) is 11.3. The van der Waals surface area contributed by atoms with Crippen molar-refractivity contribution in [2.75, 3.05) is 27.7 Å². The minimum atomic E-state index is -0.113. The van der Waals surface area contributed by atoms with E-state index in [1.54, 1.807) is 0 Å². The van der Waals surface area contributed by atoms with Gasteiger partial charge in [0.05, 0.1) is 11.7 Å². The molecule has 0 bridgehead atoms. The van der Waals surface area contributed by atoms with Crippen molar-refractivity contribution in [2.45, 2.75) is 44.3 Å². The standard InChI is InChI=1S/C30H34N2O3/c1-30-9-7-21-14-23-25(33)11-18(17-32(2)3)12-26(23)35-29(21)24(30)15-27(34-4)28(30)20-6-5-19-8-10-31-16-22(19)13-20/h5-10,13-14,16,18,24,27-29H,11-12,15,17H2,1-4H3/t18?,24-,27+,28-,29+,30-/m0/s1. The summed E-state index contributed by atoms with van der Waals surface area (Å²) in [4.78, 5) is 19.5. The fourth-order valence-electron chi connectivity index (χ4n) is 7.14. The number of hydrogen-bond acceptors (Lipinski definition) is 5. The molecule has 1 fully saturated rings. The van der Waals surface area contributed by atoms with Crippen LogP contribution in [0.5, 0.6) is 0 Å². The highest BCUT2D eigenvalue weighted by molar-refractivity contribution is 6.00. The Hall–Kier alpha value is -2.76. The highest BCUT2D eigenvalue weighted by Crippen LogP contribution is 2.60. The lowest BCUT2D eigenvalue weighted by molar-refractivity contribution is -0.117. The van der Waals surface area contributed by atoms with Crippen LogP contribution in [-0.4, -0.2) is 55.6 Å². The smallest absolute Gasteiger partial charge is 0.166 e. The average molecular weight is 471 g/mol. The van der Waals surface area contributed by atoms with Crippen LogP contribution in [0.15, 0.2) is 71.8 Å². The summed E-state index contributed by atoms with van der Waals surface area (Å²) in [5, 5.41) is 2.36. The normalized spacial score (nSPS) is 33.9. The van der Waals surface area contributed by atoms with Crippen molar-refractivity contribution in [3.05, 3.63) is 77.4 Å². The van der Waals surface area contributed by atoms with Crippen molar-refractivity contribution in [1.82, 2.24) is 9.88 Å². The Morgan fingerprint density at radius 1 is 1.20 bits per heavy atom. The number of fused-ring (bicyclic) bond motifs is 4. The molecule has 0 N–H and O–H groups in total. The van der Waals surface area contributed by atoms with Gasteiger partial charge in [-0.15, -0.1) is 0 Å². The zero-order valence-corrected chi connectivity index (χ0v) is 21.0. The van der Waals surface area contributed by atoms with E-state index in [0.717, 1.165) is 41.7 Å². The van der Waals surface area contributed by atoms with Crippen LogP contribution in [0.3, 0.4) is 0 Å². The number of Topliss-reactive ketones (excluding diaryl/α,β-unsaturated/α-hetero) is 1. The Morgan fingerprint density at radius 3 is 2.86 bits per heavy atom. The number of methoxy groups -OCH3 is 1. The molecule has 1 aliphatic heterocycles. The third kappa shape index (κ3) is 3.68. The molecule has 1 aromatic heterocycles. The van der Waals surface area contributed by atoms with Crippen molar-refractivity contribution in [2.24, 2.45) is 17.3 Å². The first-order valence-electron chi connectivity index (χ1n) is 12.7. The van der Waals surface area contributed by atoms with Gasteiger partial charge in [0.1, 0.15) is 11.9 Å². The quantitative estimate of drug-likeness (QED) is 0.626. The van der Waals surface area contributed by atoms with Gasteiger partial charge in [-0.1, -0.05) is 31.2 Å². The number of carbonyl (C=O) groups excluding carboxylic acids is 1. The van der Waals surface area contributed by atoms with Crippen LogP contribution in [0.1, 0.15) is 37.7 Å². The van der Waals surface area contributed by atoms with Crippen molar-refractivity contribution in [3.63, 3.8) is 0 Å². The predicted molar refractivity (Wildman–Crippen MR) is 137 cm³/mol. The van der Waals surface area contributed by atoms with Gasteiger partial charge in [0.15, 0.2) is 5.78 Å². The van der Waals surface area contributed by atoms with Gasteiger partial charge in [-0.05, 0) is 61.2 Å². The molecule has 1 unspecified atom stereocenters. The number of ketones is 1. The summed E-state index contributed by atoms with van der Waals surface area (Å²) >= 11 is 0. The number of rotatable bonds is 4. The Bertz CT molecular complexity index is 1280. The lowest BCUT2D eigenvalue weighted by Gasteiger charge is -2.45. The van der Waals surface area contributed by atoms with E-state index in [1.807, 2.05) is 19.5 Å². The summed E-state index contributed by atoms with van der Waals surface area (Å²) in [6, 6.07) is 8.78. The second-order valence-corrected chi connectivity index (χ2v) is 11.3. The molecule has 0 radical (unpaired) electrons. The lowest BCUT2D eigenvalue weighted by Crippen LogP contribution is -2.41. The second kappa shape index (κ2) is 8.42. The first kappa shape index (κ1) is 22.7. The minimum absolute atomic E-state index is 0.0422. The Kier molecular flexibility index (Phi) is 5.46. The summed E-state index contributed by atoms with van der Waals surface area (Å²) in [5.41, 5.74) is 3.09. The summed E-state index contributed by atoms with van der Waals surface area (Å²) in [7, 11) is 5.96. The molecule has 5 heteroatoms. The zero-order chi connectivity index (χ0) is 24.3. The van der Waals surface area contributed by atoms with Crippen molar-refractivity contribution in [1.29, 1.82) is 0 Å². The van der Waals surface area contributed by atoms with Crippen LogP contribution in [0.25, 0.3) is 10.8 Å². The van der Waals surface area contributed by atoms with Gasteiger partial charge in [0.2, 0.25) is 0 Å². The van der Waals surface area contributed by atoms with Crippen molar-refractivity contribution in [3.8, 4) is 0 Å². The maximum absolute atomic E-state index is 13.0. The van der Waals surface area contributed by atoms with E-state index < -0.39 is 0 Å². The molecule has 0 saturated heterocycles. The molecule has 1 aromatic carbocycles. The van der Waals surface area contributed by atoms with Crippen molar-refractivity contribution < 1.29 is 14.3 Å². The van der Waals surface area contributed by atoms with Gasteiger partial charge in [-0.3, -0.25) is 9.78 Å². The summed E-state index contributed by atoms with van der Waals surface area (Å²) in [6.07, 6.45) is 12.9. The number of nitrogens with zero attached hydrogens (tertiary/aromatic N) is 2. The van der Waals surface area contributed by atoms with E-state index in [-0.39, 0.29) is 35.2 Å². The molecule has 5 nitrogen and oxygen atoms in total. The maximum atomic E-state index is 13.0. The molecule has 1 saturated carbocycles. The molecule has 6 atom stereocenters. The van der Waals surface area contributed by atoms with Crippen LogP contribution in [0.4, 0.5) is 0 Å². The molecule has 0 amide bonds. The SMILES string of the molecule is CO[C@@H]1C[C@H]2[C@@H]3OC4=C(C=C3C=C[C@]2(C)[C@H]1c1ccc2ccncc2c1)C(=O)CC(CN(C)C)C4. The van der Waals surface area contributed by atoms with E-state index in [9.17, 15) is 4.79 Å². The van der Waals surface area contributed by atoms with Crippen LogP contribution in [-0.2, 0) is 14.3 Å². The van der Waals surface area contributed by atoms with Crippen LogP contribution < -0.4 is 0 Å². The van der Waals surface area contributed by atoms with Gasteiger partial charge >= 0.3 is 0 Å². The van der Waals surface area contributed by atoms with Gasteiger partial charge < -0.3 is 14.4 Å². The highest BCUT2D eigenvalue weighted by Gasteiger charge is 2.57. The number of aromatic nitrogens is 1. The summed E-state index contributed by atoms with van der Waals surface area (Å²) in [5.74, 6) is 1.92. The number of hydrogen-bond donors (Lipinski definition) is 0. The van der Waals surface area contributed by atoms with E-state index in [0.29, 0.717) is 12.3 Å². The number of allylic oxidation sites excluding steroid dienone is 4. The molecule has 0 spiro atoms. The lowest BCUT2D eigenvalue weighted by atomic mass is 9.64. The zero-order valence-electron chi connectivity index (χ0n) is 21.0. The van der Waals surface area contributed by atoms with Crippen LogP contribution in [0, 0.1) is 17.3 Å². The fraction of sp³-hybridized carbons (Fsp3) is 0.467. The molecule has 4 aliphatic rings. The predicted octanol–water partition coefficient (Wildman–Crippen LogP) is 5.05. The van der Waals surface area contributed by atoms with Gasteiger partial charge in [0, 0.05) is 61.5 Å².